The average molecular weight is 2610 g/mol. The Bertz CT molecular complexity index is 7620. The van der Waals surface area contributed by atoms with Gasteiger partial charge < -0.3 is 24.9 Å². The van der Waals surface area contributed by atoms with Gasteiger partial charge in [-0.3, -0.25) is 0 Å². The average Bonchev–Trinajstić information content (AvgIpc) is 0.789. The zero-order valence-corrected chi connectivity index (χ0v) is 87.0. The van der Waals surface area contributed by atoms with Crippen LogP contribution in [0.4, 0.5) is 0 Å². The number of unbranched alkanes of at least 4 members (excludes halogenated alkanes) is 6. The molecule has 10 heteroatoms. The Morgan fingerprint density at radius 2 is 0.526 bits per heavy atom. The molecule has 133 heavy (non-hydrogen) atoms. The Morgan fingerprint density at radius 1 is 0.218 bits per heavy atom. The van der Waals surface area contributed by atoms with Gasteiger partial charge in [0.15, 0.2) is 0 Å². The summed E-state index contributed by atoms with van der Waals surface area (Å²) in [4.78, 5) is 23.3. The van der Waals surface area contributed by atoms with E-state index in [1.54, 1.807) is 0 Å². The number of fused-ring (bicyclic) bond motifs is 15. The summed E-state index contributed by atoms with van der Waals surface area (Å²) in [6, 6.07) is 145. The summed E-state index contributed by atoms with van der Waals surface area (Å²) < 4.78 is 0. The number of hydrogen-bond donors (Lipinski definition) is 0. The normalized spacial score (nSPS) is 10.9. The summed E-state index contributed by atoms with van der Waals surface area (Å²) in [5, 5.41) is 24.7. The van der Waals surface area contributed by atoms with E-state index in [1.165, 1.54) is 187 Å². The zero-order valence-electron chi connectivity index (χ0n) is 75.0. The second-order valence-electron chi connectivity index (χ2n) is 34.0. The van der Waals surface area contributed by atoms with Crippen LogP contribution in [0.1, 0.15) is 103 Å². The van der Waals surface area contributed by atoms with Crippen molar-refractivity contribution in [2.24, 2.45) is 0 Å². The number of nitrogens with zero attached hydrogens (tertiary/aromatic N) is 5. The molecule has 0 amide bonds. The molecule has 0 saturated heterocycles. The van der Waals surface area contributed by atoms with Crippen molar-refractivity contribution in [2.45, 2.75) is 104 Å². The molecule has 0 atom stereocenters. The molecule has 0 aliphatic carbocycles. The molecule has 22 aromatic rings. The fourth-order valence-corrected chi connectivity index (χ4v) is 17.6. The topological polar surface area (TPSA) is 64.5 Å². The molecule has 5 heterocycles. The minimum absolute atomic E-state index is 0. The molecule has 0 fully saturated rings. The van der Waals surface area contributed by atoms with Gasteiger partial charge in [-0.25, -0.2) is 0 Å². The maximum absolute atomic E-state index is 4.69. The van der Waals surface area contributed by atoms with Crippen LogP contribution in [-0.2, 0) is 119 Å². The monoisotopic (exact) mass is 2610 g/mol. The van der Waals surface area contributed by atoms with Gasteiger partial charge in [-0.1, -0.05) is 353 Å². The molecule has 22 rings (SSSR count). The van der Waals surface area contributed by atoms with Gasteiger partial charge in [0.1, 0.15) is 0 Å². The molecule has 0 aliphatic rings. The maximum atomic E-state index is 4.69. The number of aryl methyl sites for hydroxylation is 2. The van der Waals surface area contributed by atoms with Crippen molar-refractivity contribution in [3.05, 3.63) is 442 Å². The van der Waals surface area contributed by atoms with Gasteiger partial charge in [-0.05, 0) is 178 Å². The third-order valence-corrected chi connectivity index (χ3v) is 24.5. The molecule has 0 spiro atoms. The van der Waals surface area contributed by atoms with Crippen molar-refractivity contribution in [3.63, 3.8) is 0 Å². The quantitative estimate of drug-likeness (QED) is 0.0516. The van der Waals surface area contributed by atoms with Gasteiger partial charge in [0.05, 0.1) is 0 Å². The first-order valence-corrected chi connectivity index (χ1v) is 45.1. The predicted octanol–water partition coefficient (Wildman–Crippen LogP) is 33.1. The molecule has 0 aliphatic heterocycles. The molecule has 0 saturated carbocycles. The maximum Gasteiger partial charge on any atom is 0.0167 e. The Kier molecular flexibility index (Phi) is 35.2. The van der Waals surface area contributed by atoms with E-state index in [0.717, 1.165) is 79.9 Å². The summed E-state index contributed by atoms with van der Waals surface area (Å²) in [6.07, 6.45) is 22.3. The SMILES string of the molecule is CC(C)(C)c1c[c-]c(-c2nccc3c2ccc2ccccc23)cc1.CCCCCCCCc1c[c-]c(-c2nccc3c2ccc2ccccc23)cc1.CCCCc1c[c-]c(-c2nccc3c2ccc2ccccc23)cc1.[Ir].[Ir].[Ir].[Ir].[Ir].[c-]1cc(-c2ccccc2)ccc1-c1nccc2c1ccc1ccccc12.[c-]1ccc(-c2ccccc2)cc1-c1nccc2c1ccc1ccccc12. The first-order chi connectivity index (χ1) is 63.1. The van der Waals surface area contributed by atoms with Crippen molar-refractivity contribution >= 4 is 108 Å². The van der Waals surface area contributed by atoms with Crippen LogP contribution in [-0.4, -0.2) is 24.9 Å². The third kappa shape index (κ3) is 23.1. The van der Waals surface area contributed by atoms with Crippen LogP contribution in [0.2, 0.25) is 0 Å². The minimum Gasteiger partial charge on any atom is -0.304 e. The molecular weight excluding hydrogens is 2510 g/mol. The van der Waals surface area contributed by atoms with Gasteiger partial charge in [0.2, 0.25) is 0 Å². The summed E-state index contributed by atoms with van der Waals surface area (Å²) in [5.41, 5.74) is 19.1. The second kappa shape index (κ2) is 47.3. The van der Waals surface area contributed by atoms with Crippen molar-refractivity contribution in [1.82, 2.24) is 24.9 Å². The molecule has 667 valence electrons. The number of hydrogen-bond acceptors (Lipinski definition) is 5. The molecule has 17 aromatic carbocycles. The van der Waals surface area contributed by atoms with E-state index in [-0.39, 0.29) is 106 Å². The molecule has 5 radical (unpaired) electrons. The van der Waals surface area contributed by atoms with E-state index in [2.05, 4.69) is 430 Å². The van der Waals surface area contributed by atoms with Gasteiger partial charge in [-0.2, -0.15) is 0 Å². The van der Waals surface area contributed by atoms with Crippen molar-refractivity contribution in [3.8, 4) is 78.5 Å². The summed E-state index contributed by atoms with van der Waals surface area (Å²) in [7, 11) is 0. The smallest absolute Gasteiger partial charge is 0.0167 e. The largest absolute Gasteiger partial charge is 0.304 e. The van der Waals surface area contributed by atoms with E-state index in [9.17, 15) is 0 Å². The Balaban J connectivity index is 0.000000140. The van der Waals surface area contributed by atoms with Gasteiger partial charge in [0, 0.05) is 132 Å². The van der Waals surface area contributed by atoms with Crippen LogP contribution in [0.3, 0.4) is 0 Å². The molecule has 5 nitrogen and oxygen atoms in total. The van der Waals surface area contributed by atoms with Crippen molar-refractivity contribution in [2.75, 3.05) is 0 Å². The molecular formula is C123H100Ir5N5-5. The first-order valence-electron chi connectivity index (χ1n) is 45.1. The number of benzene rings is 17. The van der Waals surface area contributed by atoms with Gasteiger partial charge >= 0.3 is 0 Å². The predicted molar refractivity (Wildman–Crippen MR) is 543 cm³/mol. The van der Waals surface area contributed by atoms with Gasteiger partial charge in [-0.15, -0.1) is 171 Å². The third-order valence-electron chi connectivity index (χ3n) is 24.5. The number of aromatic nitrogens is 5. The fraction of sp³-hybridized carbons (Fsp3) is 0.130. The summed E-state index contributed by atoms with van der Waals surface area (Å²) >= 11 is 0. The zero-order chi connectivity index (χ0) is 87.0. The number of rotatable bonds is 17. The van der Waals surface area contributed by atoms with E-state index < -0.39 is 0 Å². The number of pyridine rings is 5. The van der Waals surface area contributed by atoms with E-state index in [1.807, 2.05) is 55.2 Å². The molecule has 0 unspecified atom stereocenters. The second-order valence-corrected chi connectivity index (χ2v) is 34.0. The Labute approximate surface area is 849 Å². The summed E-state index contributed by atoms with van der Waals surface area (Å²) in [6.45, 7) is 11.2. The first kappa shape index (κ1) is 98.8. The standard InChI is InChI=1S/C27H28N.2C25H16N.2C23H20N.5Ir/c1-2-3-4-5-6-7-10-21-13-15-23(16-14-21)27-26-18-17-22-11-8-9-12-24(22)25(26)19-20-28-27;1-2-7-18(8-3-1)20-10-6-11-21(17-20)25-24-14-13-19-9-4-5-12-22(19)23(24)15-16-26-25;1-2-6-18(7-3-1)19-10-12-21(13-11-19)25-24-15-14-20-8-4-5-9-22(20)23(24)16-17-26-25;1-23(2,3)18-11-8-17(9-12-18)22-21-13-10-16-6-4-5-7-19(16)20(21)14-15-24-22;1-2-3-6-17-9-11-19(12-10-17)23-22-14-13-18-7-4-5-8-20(18)21(22)15-16-24-23;;;;;/h8-9,11-15,17-20H,2-7,10H2,1H3;1-10,12-17H;1-12,14-17H;4-8,10-15H,1-3H3;4-5,7-11,13-16H,2-3,6H2,1H3;;;;;/q5*-1;;;;;. The van der Waals surface area contributed by atoms with E-state index >= 15 is 0 Å². The summed E-state index contributed by atoms with van der Waals surface area (Å²) in [5.74, 6) is 0. The van der Waals surface area contributed by atoms with Crippen LogP contribution in [0.15, 0.2) is 395 Å². The van der Waals surface area contributed by atoms with Crippen LogP contribution in [0.5, 0.6) is 0 Å². The van der Waals surface area contributed by atoms with Crippen LogP contribution in [0, 0.1) is 30.3 Å². The fourth-order valence-electron chi connectivity index (χ4n) is 17.6. The minimum atomic E-state index is 0. The van der Waals surface area contributed by atoms with Gasteiger partial charge in [0.25, 0.3) is 0 Å². The van der Waals surface area contributed by atoms with Crippen LogP contribution < -0.4 is 0 Å². The Hall–Kier alpha value is -11.7. The van der Waals surface area contributed by atoms with Crippen molar-refractivity contribution in [1.29, 1.82) is 0 Å². The van der Waals surface area contributed by atoms with Crippen molar-refractivity contribution < 1.29 is 101 Å². The van der Waals surface area contributed by atoms with Crippen LogP contribution >= 0.6 is 0 Å². The molecule has 0 N–H and O–H groups in total. The Morgan fingerprint density at radius 3 is 0.857 bits per heavy atom. The molecule has 5 aromatic heterocycles. The van der Waals surface area contributed by atoms with E-state index in [4.69, 9.17) is 0 Å². The van der Waals surface area contributed by atoms with E-state index in [0.29, 0.717) is 0 Å². The molecule has 0 bridgehead atoms. The van der Waals surface area contributed by atoms with Crippen LogP contribution in [0.25, 0.3) is 186 Å².